The maximum absolute atomic E-state index is 11.9. The Bertz CT molecular complexity index is 548. The van der Waals surface area contributed by atoms with Crippen LogP contribution < -0.4 is 10.1 Å². The van der Waals surface area contributed by atoms with Crippen molar-refractivity contribution in [3.8, 4) is 5.75 Å². The van der Waals surface area contributed by atoms with Crippen molar-refractivity contribution < 1.29 is 9.53 Å². The number of aromatic nitrogens is 2. The van der Waals surface area contributed by atoms with Crippen LogP contribution in [0.25, 0.3) is 11.0 Å². The molecule has 1 amide bonds. The van der Waals surface area contributed by atoms with E-state index in [1.807, 2.05) is 18.2 Å². The lowest BCUT2D eigenvalue weighted by Gasteiger charge is -2.05. The van der Waals surface area contributed by atoms with Gasteiger partial charge in [-0.1, -0.05) is 13.3 Å². The monoisotopic (exact) mass is 247 g/mol. The fraction of sp³-hybridized carbons (Fsp3) is 0.385. The van der Waals surface area contributed by atoms with E-state index in [-0.39, 0.29) is 6.03 Å². The fourth-order valence-corrected chi connectivity index (χ4v) is 1.74. The zero-order chi connectivity index (χ0) is 13.0. The zero-order valence-corrected chi connectivity index (χ0v) is 10.6. The van der Waals surface area contributed by atoms with Crippen LogP contribution in [-0.2, 0) is 0 Å². The molecule has 96 valence electrons. The van der Waals surface area contributed by atoms with Gasteiger partial charge in [0.2, 0.25) is 0 Å². The van der Waals surface area contributed by atoms with E-state index in [2.05, 4.69) is 17.2 Å². The summed E-state index contributed by atoms with van der Waals surface area (Å²) in [5.74, 6) is 0.735. The molecule has 0 radical (unpaired) electrons. The number of carbonyl (C=O) groups excluding carboxylic acids is 1. The number of nitrogens with zero attached hydrogens (tertiary/aromatic N) is 2. The number of unbranched alkanes of at least 4 members (excludes halogenated alkanes) is 1. The van der Waals surface area contributed by atoms with Gasteiger partial charge in [-0.25, -0.2) is 9.78 Å². The summed E-state index contributed by atoms with van der Waals surface area (Å²) in [7, 11) is 1.61. The summed E-state index contributed by atoms with van der Waals surface area (Å²) in [5.41, 5.74) is 1.53. The average Bonchev–Trinajstić information content (AvgIpc) is 2.81. The van der Waals surface area contributed by atoms with Gasteiger partial charge in [-0.3, -0.25) is 4.57 Å². The van der Waals surface area contributed by atoms with Crippen molar-refractivity contribution in [2.45, 2.75) is 19.8 Å². The molecule has 18 heavy (non-hydrogen) atoms. The number of hydrogen-bond acceptors (Lipinski definition) is 3. The van der Waals surface area contributed by atoms with E-state index in [1.165, 1.54) is 10.9 Å². The highest BCUT2D eigenvalue weighted by atomic mass is 16.5. The van der Waals surface area contributed by atoms with E-state index in [0.29, 0.717) is 6.54 Å². The van der Waals surface area contributed by atoms with Crippen molar-refractivity contribution in [3.63, 3.8) is 0 Å². The molecule has 0 aliphatic carbocycles. The topological polar surface area (TPSA) is 56.2 Å². The summed E-state index contributed by atoms with van der Waals surface area (Å²) in [4.78, 5) is 16.1. The molecule has 0 fully saturated rings. The molecule has 0 aliphatic heterocycles. The van der Waals surface area contributed by atoms with Crippen LogP contribution in [0, 0.1) is 0 Å². The molecule has 0 atom stereocenters. The Morgan fingerprint density at radius 2 is 2.33 bits per heavy atom. The summed E-state index contributed by atoms with van der Waals surface area (Å²) >= 11 is 0. The second kappa shape index (κ2) is 5.53. The van der Waals surface area contributed by atoms with E-state index in [4.69, 9.17) is 4.74 Å². The zero-order valence-electron chi connectivity index (χ0n) is 10.6. The van der Waals surface area contributed by atoms with Gasteiger partial charge in [0, 0.05) is 12.6 Å². The molecule has 0 unspecified atom stereocenters. The van der Waals surface area contributed by atoms with Crippen molar-refractivity contribution in [2.24, 2.45) is 0 Å². The average molecular weight is 247 g/mol. The van der Waals surface area contributed by atoms with Crippen LogP contribution in [0.3, 0.4) is 0 Å². The number of nitrogens with one attached hydrogen (secondary N) is 1. The number of rotatable bonds is 4. The van der Waals surface area contributed by atoms with Crippen LogP contribution in [0.5, 0.6) is 5.75 Å². The summed E-state index contributed by atoms with van der Waals surface area (Å²) in [6.07, 6.45) is 3.57. The molecule has 5 nitrogen and oxygen atoms in total. The second-order valence-electron chi connectivity index (χ2n) is 4.05. The maximum atomic E-state index is 11.9. The normalized spacial score (nSPS) is 10.6. The van der Waals surface area contributed by atoms with Crippen molar-refractivity contribution in [2.75, 3.05) is 13.7 Å². The predicted molar refractivity (Wildman–Crippen MR) is 70.0 cm³/mol. The number of carbonyl (C=O) groups is 1. The largest absolute Gasteiger partial charge is 0.497 e. The highest BCUT2D eigenvalue weighted by molar-refractivity contribution is 5.89. The lowest BCUT2D eigenvalue weighted by molar-refractivity contribution is 0.243. The van der Waals surface area contributed by atoms with Crippen LogP contribution in [0.2, 0.25) is 0 Å². The Morgan fingerprint density at radius 1 is 1.50 bits per heavy atom. The van der Waals surface area contributed by atoms with Gasteiger partial charge in [0.1, 0.15) is 12.1 Å². The first-order chi connectivity index (χ1) is 8.76. The van der Waals surface area contributed by atoms with Gasteiger partial charge in [0.05, 0.1) is 18.1 Å². The Labute approximate surface area is 106 Å². The highest BCUT2D eigenvalue weighted by Crippen LogP contribution is 2.19. The molecule has 1 N–H and O–H groups in total. The van der Waals surface area contributed by atoms with Gasteiger partial charge in [-0.15, -0.1) is 0 Å². The van der Waals surface area contributed by atoms with E-state index < -0.39 is 0 Å². The molecule has 0 saturated heterocycles. The number of fused-ring (bicyclic) bond motifs is 1. The first-order valence-electron chi connectivity index (χ1n) is 6.05. The van der Waals surface area contributed by atoms with Gasteiger partial charge in [-0.05, 0) is 18.6 Å². The number of methoxy groups -OCH3 is 1. The highest BCUT2D eigenvalue weighted by Gasteiger charge is 2.09. The molecule has 2 aromatic rings. The van der Waals surface area contributed by atoms with E-state index >= 15 is 0 Å². The number of imidazole rings is 1. The fourth-order valence-electron chi connectivity index (χ4n) is 1.74. The molecule has 1 aromatic heterocycles. The quantitative estimate of drug-likeness (QED) is 0.844. The van der Waals surface area contributed by atoms with Gasteiger partial charge in [0.15, 0.2) is 0 Å². The van der Waals surface area contributed by atoms with Gasteiger partial charge in [0.25, 0.3) is 0 Å². The molecular weight excluding hydrogens is 230 g/mol. The molecular formula is C13H17N3O2. The van der Waals surface area contributed by atoms with Crippen molar-refractivity contribution in [1.82, 2.24) is 14.9 Å². The van der Waals surface area contributed by atoms with Crippen LogP contribution in [0.4, 0.5) is 4.79 Å². The summed E-state index contributed by atoms with van der Waals surface area (Å²) in [6, 6.07) is 5.32. The molecule has 2 rings (SSSR count). The van der Waals surface area contributed by atoms with E-state index in [1.54, 1.807) is 7.11 Å². The molecule has 0 aliphatic rings. The standard InChI is InChI=1S/C13H17N3O2/c1-3-4-7-14-13(17)16-9-15-11-8-10(18-2)5-6-12(11)16/h5-6,8-9H,3-4,7H2,1-2H3,(H,14,17). The van der Waals surface area contributed by atoms with E-state index in [9.17, 15) is 4.79 Å². The smallest absolute Gasteiger partial charge is 0.327 e. The number of amides is 1. The number of hydrogen-bond donors (Lipinski definition) is 1. The van der Waals surface area contributed by atoms with Gasteiger partial charge < -0.3 is 10.1 Å². The lowest BCUT2D eigenvalue weighted by atomic mass is 10.3. The first-order valence-corrected chi connectivity index (χ1v) is 6.05. The van der Waals surface area contributed by atoms with Crippen LogP contribution in [0.15, 0.2) is 24.5 Å². The van der Waals surface area contributed by atoms with Gasteiger partial charge >= 0.3 is 6.03 Å². The predicted octanol–water partition coefficient (Wildman–Crippen LogP) is 2.40. The Balaban J connectivity index is 2.21. The Morgan fingerprint density at radius 3 is 3.06 bits per heavy atom. The second-order valence-corrected chi connectivity index (χ2v) is 4.05. The van der Waals surface area contributed by atoms with E-state index in [0.717, 1.165) is 29.6 Å². The Hall–Kier alpha value is -2.04. The number of benzene rings is 1. The molecule has 5 heteroatoms. The SMILES string of the molecule is CCCCNC(=O)n1cnc2cc(OC)ccc21. The van der Waals surface area contributed by atoms with Crippen LogP contribution in [0.1, 0.15) is 19.8 Å². The third-order valence-corrected chi connectivity index (χ3v) is 2.78. The summed E-state index contributed by atoms with van der Waals surface area (Å²) in [6.45, 7) is 2.77. The minimum Gasteiger partial charge on any atom is -0.497 e. The van der Waals surface area contributed by atoms with Gasteiger partial charge in [-0.2, -0.15) is 0 Å². The molecule has 1 heterocycles. The summed E-state index contributed by atoms with van der Waals surface area (Å²) in [5, 5.41) is 2.86. The van der Waals surface area contributed by atoms with Crippen molar-refractivity contribution in [3.05, 3.63) is 24.5 Å². The molecule has 0 spiro atoms. The van der Waals surface area contributed by atoms with Crippen molar-refractivity contribution >= 4 is 17.1 Å². The lowest BCUT2D eigenvalue weighted by Crippen LogP contribution is -2.28. The summed E-state index contributed by atoms with van der Waals surface area (Å²) < 4.78 is 6.64. The van der Waals surface area contributed by atoms with Crippen LogP contribution >= 0.6 is 0 Å². The molecule has 0 bridgehead atoms. The minimum atomic E-state index is -0.142. The van der Waals surface area contributed by atoms with Crippen LogP contribution in [-0.4, -0.2) is 29.2 Å². The molecule has 1 aromatic carbocycles. The maximum Gasteiger partial charge on any atom is 0.327 e. The number of ether oxygens (including phenoxy) is 1. The molecule has 0 saturated carbocycles. The third-order valence-electron chi connectivity index (χ3n) is 2.78. The first kappa shape index (κ1) is 12.4. The Kier molecular flexibility index (Phi) is 3.82. The van der Waals surface area contributed by atoms with Crippen molar-refractivity contribution in [1.29, 1.82) is 0 Å². The minimum absolute atomic E-state index is 0.142. The third kappa shape index (κ3) is 2.45.